The number of ether oxygens (including phenoxy) is 1. The molecule has 2 bridgehead atoms. The van der Waals surface area contributed by atoms with Crippen LogP contribution in [0.25, 0.3) is 0 Å². The molecule has 1 heterocycles. The van der Waals surface area contributed by atoms with Crippen LogP contribution in [-0.4, -0.2) is 37.0 Å². The second-order valence-corrected chi connectivity index (χ2v) is 6.84. The molecule has 3 aliphatic rings. The molecule has 3 unspecified atom stereocenters. The fraction of sp³-hybridized carbons (Fsp3) is 0.875. The van der Waals surface area contributed by atoms with E-state index in [1.54, 1.807) is 0 Å². The first-order valence-corrected chi connectivity index (χ1v) is 8.03. The molecule has 2 aliphatic carbocycles. The van der Waals surface area contributed by atoms with Gasteiger partial charge in [0.1, 0.15) is 0 Å². The topological polar surface area (TPSA) is 46.6 Å². The average Bonchev–Trinajstić information content (AvgIpc) is 3.09. The molecule has 4 atom stereocenters. The maximum Gasteiger partial charge on any atom is 0.310 e. The van der Waals surface area contributed by atoms with E-state index < -0.39 is 0 Å². The molecule has 0 radical (unpaired) electrons. The Hall–Kier alpha value is -1.06. The van der Waals surface area contributed by atoms with E-state index in [0.717, 1.165) is 31.2 Å². The lowest BCUT2D eigenvalue weighted by molar-refractivity contribution is -0.149. The molecule has 0 aromatic rings. The number of rotatable bonds is 3. The van der Waals surface area contributed by atoms with Crippen molar-refractivity contribution < 1.29 is 14.3 Å². The summed E-state index contributed by atoms with van der Waals surface area (Å²) in [6.45, 7) is 1.37. The van der Waals surface area contributed by atoms with Crippen molar-refractivity contribution in [3.63, 3.8) is 0 Å². The fourth-order valence-corrected chi connectivity index (χ4v) is 4.54. The zero-order valence-corrected chi connectivity index (χ0v) is 12.3. The number of nitrogens with zero attached hydrogens (tertiary/aromatic N) is 1. The Labute approximate surface area is 120 Å². The van der Waals surface area contributed by atoms with Gasteiger partial charge in [-0.2, -0.15) is 0 Å². The molecule has 20 heavy (non-hydrogen) atoms. The van der Waals surface area contributed by atoms with Crippen molar-refractivity contribution in [3.8, 4) is 0 Å². The van der Waals surface area contributed by atoms with E-state index in [-0.39, 0.29) is 17.8 Å². The van der Waals surface area contributed by atoms with Crippen LogP contribution in [0.1, 0.15) is 44.9 Å². The van der Waals surface area contributed by atoms with Gasteiger partial charge in [-0.05, 0) is 49.9 Å². The summed E-state index contributed by atoms with van der Waals surface area (Å²) in [5.74, 6) is 2.28. The maximum atomic E-state index is 12.5. The zero-order chi connectivity index (χ0) is 14.1. The van der Waals surface area contributed by atoms with E-state index in [9.17, 15) is 9.59 Å². The highest BCUT2D eigenvalue weighted by Gasteiger charge is 2.41. The predicted octanol–water partition coefficient (Wildman–Crippen LogP) is 2.22. The number of hydrogen-bond donors (Lipinski definition) is 0. The summed E-state index contributed by atoms with van der Waals surface area (Å²) < 4.78 is 4.81. The van der Waals surface area contributed by atoms with Gasteiger partial charge in [0.15, 0.2) is 0 Å². The van der Waals surface area contributed by atoms with Crippen LogP contribution < -0.4 is 0 Å². The lowest BCUT2D eigenvalue weighted by Crippen LogP contribution is -2.43. The van der Waals surface area contributed by atoms with Gasteiger partial charge in [0.25, 0.3) is 0 Å². The molecule has 0 aromatic carbocycles. The molecule has 1 amide bonds. The van der Waals surface area contributed by atoms with Crippen LogP contribution in [0.3, 0.4) is 0 Å². The highest BCUT2D eigenvalue weighted by atomic mass is 16.5. The number of likely N-dealkylation sites (tertiary alicyclic amines) is 1. The number of fused-ring (bicyclic) bond motifs is 2. The van der Waals surface area contributed by atoms with Crippen LogP contribution in [-0.2, 0) is 14.3 Å². The van der Waals surface area contributed by atoms with Crippen molar-refractivity contribution in [2.75, 3.05) is 20.2 Å². The van der Waals surface area contributed by atoms with Crippen LogP contribution in [0.4, 0.5) is 0 Å². The molecule has 1 saturated heterocycles. The quantitative estimate of drug-likeness (QED) is 0.744. The second-order valence-electron chi connectivity index (χ2n) is 6.84. The summed E-state index contributed by atoms with van der Waals surface area (Å²) in [4.78, 5) is 26.0. The number of amides is 1. The number of esters is 1. The van der Waals surface area contributed by atoms with Gasteiger partial charge in [-0.3, -0.25) is 9.59 Å². The van der Waals surface area contributed by atoms with Gasteiger partial charge >= 0.3 is 5.97 Å². The maximum absolute atomic E-state index is 12.5. The molecular formula is C16H25NO3. The third-order valence-corrected chi connectivity index (χ3v) is 5.63. The molecule has 4 heteroatoms. The standard InChI is InChI=1S/C16H25NO3/c1-20-16(19)13-3-2-6-17(10-13)15(18)9-14-8-11-4-5-12(14)7-11/h11-14H,2-10H2,1H3/t11?,12?,13-,14?/m0/s1. The Balaban J connectivity index is 1.53. The van der Waals surface area contributed by atoms with Crippen molar-refractivity contribution in [2.24, 2.45) is 23.7 Å². The van der Waals surface area contributed by atoms with E-state index in [2.05, 4.69) is 0 Å². The fourth-order valence-electron chi connectivity index (χ4n) is 4.54. The number of hydrogen-bond acceptors (Lipinski definition) is 3. The van der Waals surface area contributed by atoms with Crippen molar-refractivity contribution in [2.45, 2.75) is 44.9 Å². The van der Waals surface area contributed by atoms with Gasteiger partial charge in [0, 0.05) is 19.5 Å². The Kier molecular flexibility index (Phi) is 3.99. The van der Waals surface area contributed by atoms with Gasteiger partial charge < -0.3 is 9.64 Å². The van der Waals surface area contributed by atoms with Crippen molar-refractivity contribution in [1.82, 2.24) is 4.90 Å². The molecule has 3 rings (SSSR count). The molecule has 0 N–H and O–H groups in total. The number of methoxy groups -OCH3 is 1. The number of carbonyl (C=O) groups is 2. The molecule has 0 spiro atoms. The molecule has 112 valence electrons. The minimum absolute atomic E-state index is 0.113. The predicted molar refractivity (Wildman–Crippen MR) is 74.9 cm³/mol. The van der Waals surface area contributed by atoms with E-state index in [4.69, 9.17) is 4.74 Å². The van der Waals surface area contributed by atoms with Crippen molar-refractivity contribution in [3.05, 3.63) is 0 Å². The first kappa shape index (κ1) is 13.9. The Bertz CT molecular complexity index is 395. The molecule has 4 nitrogen and oxygen atoms in total. The van der Waals surface area contributed by atoms with Crippen LogP contribution in [0.5, 0.6) is 0 Å². The van der Waals surface area contributed by atoms with Crippen LogP contribution >= 0.6 is 0 Å². The van der Waals surface area contributed by atoms with Crippen LogP contribution in [0.15, 0.2) is 0 Å². The second kappa shape index (κ2) is 5.74. The lowest BCUT2D eigenvalue weighted by Gasteiger charge is -2.33. The minimum atomic E-state index is -0.164. The van der Waals surface area contributed by atoms with Crippen LogP contribution in [0, 0.1) is 23.7 Å². The van der Waals surface area contributed by atoms with E-state index in [1.165, 1.54) is 32.8 Å². The third-order valence-electron chi connectivity index (χ3n) is 5.63. The van der Waals surface area contributed by atoms with Gasteiger partial charge in [0.2, 0.25) is 5.91 Å². The van der Waals surface area contributed by atoms with E-state index >= 15 is 0 Å². The molecular weight excluding hydrogens is 254 g/mol. The Morgan fingerprint density at radius 3 is 2.70 bits per heavy atom. The lowest BCUT2D eigenvalue weighted by atomic mass is 9.86. The summed E-state index contributed by atoms with van der Waals surface area (Å²) in [7, 11) is 1.43. The van der Waals surface area contributed by atoms with Gasteiger partial charge in [0.05, 0.1) is 13.0 Å². The largest absolute Gasteiger partial charge is 0.469 e. The first-order valence-electron chi connectivity index (χ1n) is 8.03. The zero-order valence-electron chi connectivity index (χ0n) is 12.3. The first-order chi connectivity index (χ1) is 9.67. The Morgan fingerprint density at radius 2 is 2.05 bits per heavy atom. The molecule has 3 fully saturated rings. The van der Waals surface area contributed by atoms with E-state index in [1.807, 2.05) is 4.90 Å². The SMILES string of the molecule is COC(=O)[C@H]1CCCN(C(=O)CC2CC3CCC2C3)C1. The van der Waals surface area contributed by atoms with Gasteiger partial charge in [-0.25, -0.2) is 0 Å². The molecule has 2 saturated carbocycles. The summed E-state index contributed by atoms with van der Waals surface area (Å²) in [5.41, 5.74) is 0. The normalized spacial score (nSPS) is 36.1. The van der Waals surface area contributed by atoms with Crippen molar-refractivity contribution in [1.29, 1.82) is 0 Å². The van der Waals surface area contributed by atoms with Gasteiger partial charge in [-0.1, -0.05) is 6.42 Å². The highest BCUT2D eigenvalue weighted by Crippen LogP contribution is 2.49. The average molecular weight is 279 g/mol. The van der Waals surface area contributed by atoms with Crippen LogP contribution in [0.2, 0.25) is 0 Å². The highest BCUT2D eigenvalue weighted by molar-refractivity contribution is 5.78. The third kappa shape index (κ3) is 2.70. The summed E-state index contributed by atoms with van der Waals surface area (Å²) >= 11 is 0. The molecule has 0 aromatic heterocycles. The summed E-state index contributed by atoms with van der Waals surface area (Å²) in [5, 5.41) is 0. The monoisotopic (exact) mass is 279 g/mol. The summed E-state index contributed by atoms with van der Waals surface area (Å²) in [6.07, 6.45) is 7.78. The molecule has 1 aliphatic heterocycles. The Morgan fingerprint density at radius 1 is 1.20 bits per heavy atom. The minimum Gasteiger partial charge on any atom is -0.469 e. The number of carbonyl (C=O) groups excluding carboxylic acids is 2. The van der Waals surface area contributed by atoms with E-state index in [0.29, 0.717) is 18.9 Å². The van der Waals surface area contributed by atoms with Crippen molar-refractivity contribution >= 4 is 11.9 Å². The number of piperidine rings is 1. The smallest absolute Gasteiger partial charge is 0.310 e. The summed E-state index contributed by atoms with van der Waals surface area (Å²) in [6, 6.07) is 0. The van der Waals surface area contributed by atoms with Gasteiger partial charge in [-0.15, -0.1) is 0 Å².